The summed E-state index contributed by atoms with van der Waals surface area (Å²) in [5, 5.41) is 13.2. The summed E-state index contributed by atoms with van der Waals surface area (Å²) in [5.41, 5.74) is 0.103. The van der Waals surface area contributed by atoms with Gasteiger partial charge in [-0.1, -0.05) is 11.6 Å². The Hall–Kier alpha value is -3.78. The van der Waals surface area contributed by atoms with E-state index >= 15 is 0 Å². The molecule has 0 aliphatic heterocycles. The Morgan fingerprint density at radius 1 is 1.24 bits per heavy atom. The van der Waals surface area contributed by atoms with Crippen molar-refractivity contribution in [1.29, 1.82) is 5.26 Å². The highest BCUT2D eigenvalue weighted by molar-refractivity contribution is 6.31. The second kappa shape index (κ2) is 10.9. The van der Waals surface area contributed by atoms with Crippen LogP contribution in [0.25, 0.3) is 11.8 Å². The van der Waals surface area contributed by atoms with Crippen molar-refractivity contribution in [1.82, 2.24) is 15.2 Å². The van der Waals surface area contributed by atoms with Gasteiger partial charge in [0.1, 0.15) is 11.6 Å². The highest BCUT2D eigenvalue weighted by Gasteiger charge is 2.33. The van der Waals surface area contributed by atoms with Crippen molar-refractivity contribution in [3.8, 4) is 11.8 Å². The van der Waals surface area contributed by atoms with Gasteiger partial charge in [-0.25, -0.2) is 9.59 Å². The van der Waals surface area contributed by atoms with Crippen molar-refractivity contribution >= 4 is 35.6 Å². The fraction of sp³-hybridized carbons (Fsp3) is 0.273. The zero-order valence-electron chi connectivity index (χ0n) is 18.3. The number of alkyl halides is 3. The van der Waals surface area contributed by atoms with Gasteiger partial charge < -0.3 is 14.6 Å². The van der Waals surface area contributed by atoms with Gasteiger partial charge in [0.15, 0.2) is 6.61 Å². The van der Waals surface area contributed by atoms with Gasteiger partial charge in [-0.15, -0.1) is 0 Å². The molecule has 2 aromatic rings. The number of hydrogen-bond acceptors (Lipinski definition) is 5. The summed E-state index contributed by atoms with van der Waals surface area (Å²) in [5.74, 6) is -2.00. The van der Waals surface area contributed by atoms with Crippen molar-refractivity contribution in [3.05, 3.63) is 57.4 Å². The molecule has 0 fully saturated rings. The first-order valence-corrected chi connectivity index (χ1v) is 10.2. The standard InChI is InChI=1S/C22H20ClF3N4O4/c1-4-28-21(33)29-19(31)11-34-20(32)15(10-27)8-14-7-12(2)30(13(14)3)16-5-6-18(23)17(9-16)22(24,25)26/h5-9H,4,11H2,1-3H3,(H2,28,29,31,33)/b15-8+. The van der Waals surface area contributed by atoms with Crippen LogP contribution in [-0.2, 0) is 20.5 Å². The molecule has 2 N–H and O–H groups in total. The molecule has 0 radical (unpaired) electrons. The van der Waals surface area contributed by atoms with Crippen LogP contribution in [0.15, 0.2) is 29.8 Å². The van der Waals surface area contributed by atoms with Crippen LogP contribution in [0.1, 0.15) is 29.4 Å². The quantitative estimate of drug-likeness (QED) is 0.356. The van der Waals surface area contributed by atoms with Gasteiger partial charge in [-0.2, -0.15) is 18.4 Å². The summed E-state index contributed by atoms with van der Waals surface area (Å²) in [4.78, 5) is 35.2. The number of amides is 3. The van der Waals surface area contributed by atoms with Crippen LogP contribution in [0.3, 0.4) is 0 Å². The second-order valence-electron chi connectivity index (χ2n) is 6.98. The number of aromatic nitrogens is 1. The van der Waals surface area contributed by atoms with E-state index in [-0.39, 0.29) is 12.2 Å². The number of benzene rings is 1. The molecule has 2 rings (SSSR count). The van der Waals surface area contributed by atoms with E-state index in [9.17, 15) is 32.8 Å². The first kappa shape index (κ1) is 26.5. The molecule has 1 aromatic heterocycles. The minimum atomic E-state index is -4.65. The molecular weight excluding hydrogens is 477 g/mol. The first-order chi connectivity index (χ1) is 15.9. The van der Waals surface area contributed by atoms with E-state index in [1.165, 1.54) is 16.7 Å². The topological polar surface area (TPSA) is 113 Å². The zero-order chi connectivity index (χ0) is 25.6. The fourth-order valence-electron chi connectivity index (χ4n) is 3.07. The Morgan fingerprint density at radius 3 is 2.50 bits per heavy atom. The molecule has 0 spiro atoms. The van der Waals surface area contributed by atoms with Crippen LogP contribution in [0, 0.1) is 25.2 Å². The summed E-state index contributed by atoms with van der Waals surface area (Å²) in [7, 11) is 0. The molecule has 1 heterocycles. The number of aryl methyl sites for hydroxylation is 1. The molecule has 3 amide bonds. The van der Waals surface area contributed by atoms with Crippen LogP contribution in [-0.4, -0.2) is 35.6 Å². The molecule has 0 saturated carbocycles. The fourth-order valence-corrected chi connectivity index (χ4v) is 3.29. The van der Waals surface area contributed by atoms with E-state index in [0.717, 1.165) is 12.1 Å². The van der Waals surface area contributed by atoms with E-state index in [1.54, 1.807) is 32.9 Å². The molecule has 1 aromatic carbocycles. The number of urea groups is 1. The molecule has 0 aliphatic carbocycles. The highest BCUT2D eigenvalue weighted by atomic mass is 35.5. The number of ether oxygens (including phenoxy) is 1. The maximum Gasteiger partial charge on any atom is 0.417 e. The minimum Gasteiger partial charge on any atom is -0.451 e. The van der Waals surface area contributed by atoms with Gasteiger partial charge in [0.2, 0.25) is 0 Å². The lowest BCUT2D eigenvalue weighted by molar-refractivity contribution is -0.144. The number of carbonyl (C=O) groups is 3. The van der Waals surface area contributed by atoms with E-state index < -0.39 is 46.8 Å². The number of halogens is 4. The Bertz CT molecular complexity index is 1200. The largest absolute Gasteiger partial charge is 0.451 e. The van der Waals surface area contributed by atoms with Crippen molar-refractivity contribution in [2.24, 2.45) is 0 Å². The molecule has 0 saturated heterocycles. The number of esters is 1. The van der Waals surface area contributed by atoms with Gasteiger partial charge in [-0.05, 0) is 56.7 Å². The number of carbonyl (C=O) groups excluding carboxylic acids is 3. The van der Waals surface area contributed by atoms with E-state index in [1.807, 2.05) is 5.32 Å². The minimum absolute atomic E-state index is 0.189. The smallest absolute Gasteiger partial charge is 0.417 e. The Balaban J connectivity index is 2.28. The molecule has 34 heavy (non-hydrogen) atoms. The number of hydrogen-bond donors (Lipinski definition) is 2. The zero-order valence-corrected chi connectivity index (χ0v) is 19.1. The van der Waals surface area contributed by atoms with Gasteiger partial charge in [0, 0.05) is 23.6 Å². The third-order valence-electron chi connectivity index (χ3n) is 4.55. The Labute approximate surface area is 197 Å². The summed E-state index contributed by atoms with van der Waals surface area (Å²) < 4.78 is 46.0. The number of nitrogens with zero attached hydrogens (tertiary/aromatic N) is 2. The monoisotopic (exact) mass is 496 g/mol. The molecule has 0 unspecified atom stereocenters. The van der Waals surface area contributed by atoms with Crippen molar-refractivity contribution in [2.45, 2.75) is 26.9 Å². The number of nitrogens with one attached hydrogen (secondary N) is 2. The molecule has 12 heteroatoms. The molecule has 0 atom stereocenters. The Kier molecular flexibility index (Phi) is 8.48. The van der Waals surface area contributed by atoms with Crippen LogP contribution in [0.2, 0.25) is 5.02 Å². The molecule has 8 nitrogen and oxygen atoms in total. The SMILES string of the molecule is CCNC(=O)NC(=O)COC(=O)/C(C#N)=C/c1cc(C)n(-c2ccc(Cl)c(C(F)(F)F)c2)c1C. The van der Waals surface area contributed by atoms with Crippen molar-refractivity contribution in [3.63, 3.8) is 0 Å². The summed E-state index contributed by atoms with van der Waals surface area (Å²) >= 11 is 5.69. The van der Waals surface area contributed by atoms with E-state index in [4.69, 9.17) is 16.3 Å². The van der Waals surface area contributed by atoms with Crippen molar-refractivity contribution < 1.29 is 32.3 Å². The third-order valence-corrected chi connectivity index (χ3v) is 4.88. The molecule has 0 bridgehead atoms. The number of imide groups is 1. The predicted molar refractivity (Wildman–Crippen MR) is 117 cm³/mol. The van der Waals surface area contributed by atoms with E-state index in [0.29, 0.717) is 17.0 Å². The lowest BCUT2D eigenvalue weighted by atomic mass is 10.1. The lowest BCUT2D eigenvalue weighted by Gasteiger charge is -2.14. The third kappa shape index (κ3) is 6.39. The van der Waals surface area contributed by atoms with Gasteiger partial charge in [-0.3, -0.25) is 10.1 Å². The summed E-state index contributed by atoms with van der Waals surface area (Å²) in [6.45, 7) is 4.38. The maximum atomic E-state index is 13.3. The highest BCUT2D eigenvalue weighted by Crippen LogP contribution is 2.36. The predicted octanol–water partition coefficient (Wildman–Crippen LogP) is 4.06. The van der Waals surface area contributed by atoms with E-state index in [2.05, 4.69) is 5.32 Å². The first-order valence-electron chi connectivity index (χ1n) is 9.81. The van der Waals surface area contributed by atoms with Gasteiger partial charge in [0.05, 0.1) is 10.6 Å². The number of nitriles is 1. The normalized spacial score (nSPS) is 11.5. The average molecular weight is 497 g/mol. The Morgan fingerprint density at radius 2 is 1.91 bits per heavy atom. The summed E-state index contributed by atoms with van der Waals surface area (Å²) in [6, 6.07) is 5.94. The van der Waals surface area contributed by atoms with Gasteiger partial charge >= 0.3 is 18.2 Å². The summed E-state index contributed by atoms with van der Waals surface area (Å²) in [6.07, 6.45) is -3.45. The number of rotatable bonds is 6. The molecule has 0 aliphatic rings. The van der Waals surface area contributed by atoms with Crippen LogP contribution in [0.5, 0.6) is 0 Å². The average Bonchev–Trinajstić information content (AvgIpc) is 3.03. The molecule has 180 valence electrons. The van der Waals surface area contributed by atoms with Gasteiger partial charge in [0.25, 0.3) is 5.91 Å². The van der Waals surface area contributed by atoms with Crippen LogP contribution < -0.4 is 10.6 Å². The maximum absolute atomic E-state index is 13.3. The van der Waals surface area contributed by atoms with Crippen LogP contribution in [0.4, 0.5) is 18.0 Å². The molecular formula is C22H20ClF3N4O4. The lowest BCUT2D eigenvalue weighted by Crippen LogP contribution is -2.41. The van der Waals surface area contributed by atoms with Crippen molar-refractivity contribution in [2.75, 3.05) is 13.2 Å². The second-order valence-corrected chi connectivity index (χ2v) is 7.38. The van der Waals surface area contributed by atoms with Crippen LogP contribution >= 0.6 is 11.6 Å².